The first-order valence-electron chi connectivity index (χ1n) is 7.08. The molecule has 0 bridgehead atoms. The van der Waals surface area contributed by atoms with E-state index in [4.69, 9.17) is 16.3 Å². The Balaban J connectivity index is 1.98. The Labute approximate surface area is 151 Å². The molecular formula is C16H14ClF2NO4S. The van der Waals surface area contributed by atoms with Gasteiger partial charge < -0.3 is 14.8 Å². The molecule has 5 nitrogen and oxygen atoms in total. The number of hydrogen-bond donors (Lipinski definition) is 1. The first-order valence-corrected chi connectivity index (χ1v) is 8.34. The Kier molecular flexibility index (Phi) is 6.33. The number of halogens is 3. The van der Waals surface area contributed by atoms with Crippen molar-refractivity contribution >= 4 is 40.5 Å². The maximum absolute atomic E-state index is 12.2. The zero-order chi connectivity index (χ0) is 18.6. The van der Waals surface area contributed by atoms with Gasteiger partial charge in [0.1, 0.15) is 10.6 Å². The van der Waals surface area contributed by atoms with Gasteiger partial charge in [-0.15, -0.1) is 11.3 Å². The second-order valence-corrected chi connectivity index (χ2v) is 6.32. The first-order chi connectivity index (χ1) is 11.8. The molecule has 2 rings (SSSR count). The van der Waals surface area contributed by atoms with Gasteiger partial charge in [-0.05, 0) is 49.1 Å². The van der Waals surface area contributed by atoms with E-state index < -0.39 is 24.6 Å². The van der Waals surface area contributed by atoms with E-state index in [-0.39, 0.29) is 16.5 Å². The number of carbonyl (C=O) groups excluding carboxylic acids is 2. The summed E-state index contributed by atoms with van der Waals surface area (Å²) < 4.78 is 33.7. The number of esters is 1. The minimum atomic E-state index is -3.00. The van der Waals surface area contributed by atoms with Crippen LogP contribution in [0.2, 0.25) is 5.02 Å². The van der Waals surface area contributed by atoms with E-state index in [1.165, 1.54) is 36.5 Å². The minimum absolute atomic E-state index is 0.0861. The molecule has 1 amide bonds. The normalized spacial score (nSPS) is 11.9. The monoisotopic (exact) mass is 389 g/mol. The van der Waals surface area contributed by atoms with E-state index in [1.54, 1.807) is 18.4 Å². The van der Waals surface area contributed by atoms with Crippen molar-refractivity contribution in [1.82, 2.24) is 0 Å². The molecule has 0 aliphatic heterocycles. The van der Waals surface area contributed by atoms with Gasteiger partial charge in [-0.3, -0.25) is 4.79 Å². The molecular weight excluding hydrogens is 376 g/mol. The van der Waals surface area contributed by atoms with Crippen LogP contribution in [-0.2, 0) is 9.53 Å². The lowest BCUT2D eigenvalue weighted by atomic mass is 10.2. The van der Waals surface area contributed by atoms with Gasteiger partial charge >= 0.3 is 12.6 Å². The average molecular weight is 390 g/mol. The largest absolute Gasteiger partial charge is 0.448 e. The molecule has 0 saturated heterocycles. The molecule has 0 radical (unpaired) electrons. The van der Waals surface area contributed by atoms with Gasteiger partial charge in [0.15, 0.2) is 6.10 Å². The lowest BCUT2D eigenvalue weighted by molar-refractivity contribution is -0.123. The number of anilines is 1. The summed E-state index contributed by atoms with van der Waals surface area (Å²) in [6.45, 7) is 0.188. The fourth-order valence-electron chi connectivity index (χ4n) is 1.86. The Morgan fingerprint density at radius 3 is 2.56 bits per heavy atom. The van der Waals surface area contributed by atoms with E-state index in [0.717, 1.165) is 5.56 Å². The quantitative estimate of drug-likeness (QED) is 0.739. The van der Waals surface area contributed by atoms with E-state index in [2.05, 4.69) is 10.1 Å². The van der Waals surface area contributed by atoms with Gasteiger partial charge in [-0.2, -0.15) is 8.78 Å². The third kappa shape index (κ3) is 5.14. The number of rotatable bonds is 6. The zero-order valence-corrected chi connectivity index (χ0v) is 14.8. The van der Waals surface area contributed by atoms with Crippen molar-refractivity contribution in [2.24, 2.45) is 0 Å². The topological polar surface area (TPSA) is 64.6 Å². The predicted molar refractivity (Wildman–Crippen MR) is 90.6 cm³/mol. The molecule has 1 aromatic heterocycles. The van der Waals surface area contributed by atoms with Crippen LogP contribution in [0.15, 0.2) is 29.6 Å². The van der Waals surface area contributed by atoms with Crippen molar-refractivity contribution < 1.29 is 27.8 Å². The summed E-state index contributed by atoms with van der Waals surface area (Å²) in [4.78, 5) is 24.5. The maximum atomic E-state index is 12.2. The molecule has 0 aliphatic carbocycles. The van der Waals surface area contributed by atoms with Crippen LogP contribution in [0.3, 0.4) is 0 Å². The third-order valence-electron chi connectivity index (χ3n) is 3.12. The number of nitrogens with one attached hydrogen (secondary N) is 1. The summed E-state index contributed by atoms with van der Waals surface area (Å²) in [5.41, 5.74) is 1.02. The molecule has 1 N–H and O–H groups in total. The molecule has 1 heterocycles. The van der Waals surface area contributed by atoms with Crippen LogP contribution in [0.5, 0.6) is 5.75 Å². The lowest BCUT2D eigenvalue weighted by Gasteiger charge is -2.14. The van der Waals surface area contributed by atoms with E-state index >= 15 is 0 Å². The number of thiophene rings is 1. The molecule has 1 aromatic carbocycles. The van der Waals surface area contributed by atoms with Crippen LogP contribution in [0, 0.1) is 6.92 Å². The third-order valence-corrected chi connectivity index (χ3v) is 4.41. The molecule has 0 aliphatic rings. The van der Waals surface area contributed by atoms with E-state index in [9.17, 15) is 18.4 Å². The summed E-state index contributed by atoms with van der Waals surface area (Å²) >= 11 is 7.04. The highest BCUT2D eigenvalue weighted by Gasteiger charge is 2.21. The summed E-state index contributed by atoms with van der Waals surface area (Å²) in [7, 11) is 0. The van der Waals surface area contributed by atoms with E-state index in [1.807, 2.05) is 0 Å². The Bertz CT molecular complexity index is 781. The number of amides is 1. The van der Waals surface area contributed by atoms with Gasteiger partial charge in [-0.25, -0.2) is 4.79 Å². The second-order valence-electron chi connectivity index (χ2n) is 4.99. The van der Waals surface area contributed by atoms with Gasteiger partial charge in [-0.1, -0.05) is 11.6 Å². The smallest absolute Gasteiger partial charge is 0.387 e. The van der Waals surface area contributed by atoms with Crippen LogP contribution in [-0.4, -0.2) is 24.6 Å². The molecule has 9 heteroatoms. The van der Waals surface area contributed by atoms with Crippen molar-refractivity contribution in [1.29, 1.82) is 0 Å². The average Bonchev–Trinajstić information content (AvgIpc) is 2.95. The zero-order valence-electron chi connectivity index (χ0n) is 13.2. The highest BCUT2D eigenvalue weighted by molar-refractivity contribution is 7.12. The predicted octanol–water partition coefficient (Wildman–Crippen LogP) is 4.50. The maximum Gasteiger partial charge on any atom is 0.387 e. The molecule has 0 spiro atoms. The molecule has 0 saturated carbocycles. The molecule has 0 fully saturated rings. The van der Waals surface area contributed by atoms with Crippen LogP contribution >= 0.6 is 22.9 Å². The van der Waals surface area contributed by atoms with Gasteiger partial charge in [0.05, 0.1) is 5.02 Å². The van der Waals surface area contributed by atoms with Crippen molar-refractivity contribution in [2.45, 2.75) is 26.6 Å². The van der Waals surface area contributed by atoms with Crippen LogP contribution in [0.4, 0.5) is 14.5 Å². The van der Waals surface area contributed by atoms with Gasteiger partial charge in [0.2, 0.25) is 0 Å². The van der Waals surface area contributed by atoms with Crippen molar-refractivity contribution in [3.05, 3.63) is 45.1 Å². The molecule has 134 valence electrons. The minimum Gasteiger partial charge on any atom is -0.448 e. The number of hydrogen-bond acceptors (Lipinski definition) is 5. The Morgan fingerprint density at radius 2 is 2.00 bits per heavy atom. The summed E-state index contributed by atoms with van der Waals surface area (Å²) in [5.74, 6) is -1.38. The van der Waals surface area contributed by atoms with Crippen molar-refractivity contribution in [2.75, 3.05) is 5.32 Å². The Hall–Kier alpha value is -2.19. The van der Waals surface area contributed by atoms with Gasteiger partial charge in [0.25, 0.3) is 5.91 Å². The number of aryl methyl sites for hydroxylation is 1. The van der Waals surface area contributed by atoms with Crippen LogP contribution < -0.4 is 10.1 Å². The summed E-state index contributed by atoms with van der Waals surface area (Å²) in [6.07, 6.45) is -1.05. The van der Waals surface area contributed by atoms with E-state index in [0.29, 0.717) is 4.88 Å². The van der Waals surface area contributed by atoms with Crippen molar-refractivity contribution in [3.8, 4) is 5.75 Å². The van der Waals surface area contributed by atoms with Crippen molar-refractivity contribution in [3.63, 3.8) is 0 Å². The number of ether oxygens (including phenoxy) is 2. The molecule has 1 unspecified atom stereocenters. The van der Waals surface area contributed by atoms with Crippen LogP contribution in [0.1, 0.15) is 22.2 Å². The fourth-order valence-corrected chi connectivity index (χ4v) is 2.90. The Morgan fingerprint density at radius 1 is 1.28 bits per heavy atom. The highest BCUT2D eigenvalue weighted by atomic mass is 35.5. The summed E-state index contributed by atoms with van der Waals surface area (Å²) in [5, 5.41) is 4.15. The van der Waals surface area contributed by atoms with Crippen LogP contribution in [0.25, 0.3) is 0 Å². The molecule has 1 atom stereocenters. The number of carbonyl (C=O) groups is 2. The molecule has 25 heavy (non-hydrogen) atoms. The fraction of sp³-hybridized carbons (Fsp3) is 0.250. The standard InChI is InChI=1S/C16H14ClF2NO4S/c1-8-5-6-25-13(8)15(22)23-9(2)14(21)20-10-3-4-12(11(17)7-10)24-16(18)19/h3-7,9,16H,1-2H3,(H,20,21). The number of alkyl halides is 2. The SMILES string of the molecule is Cc1ccsc1C(=O)OC(C)C(=O)Nc1ccc(OC(F)F)c(Cl)c1. The molecule has 2 aromatic rings. The second kappa shape index (κ2) is 8.26. The highest BCUT2D eigenvalue weighted by Crippen LogP contribution is 2.29. The lowest BCUT2D eigenvalue weighted by Crippen LogP contribution is -2.29. The van der Waals surface area contributed by atoms with Gasteiger partial charge in [0, 0.05) is 5.69 Å². The summed E-state index contributed by atoms with van der Waals surface area (Å²) in [6, 6.07) is 5.58. The first kappa shape index (κ1) is 19.1. The number of benzene rings is 1.